The normalized spacial score (nSPS) is 10.3. The molecule has 1 amide bonds. The molecule has 0 aliphatic heterocycles. The Hall–Kier alpha value is -3.68. The van der Waals surface area contributed by atoms with Crippen molar-refractivity contribution in [3.63, 3.8) is 0 Å². The van der Waals surface area contributed by atoms with E-state index in [0.29, 0.717) is 5.69 Å². The van der Waals surface area contributed by atoms with Gasteiger partial charge < -0.3 is 21.6 Å². The second-order valence-corrected chi connectivity index (χ2v) is 4.92. The predicted octanol–water partition coefficient (Wildman–Crippen LogP) is 1.40. The molecule has 8 heteroatoms. The highest BCUT2D eigenvalue weighted by atomic mass is 16.3. The van der Waals surface area contributed by atoms with E-state index < -0.39 is 5.91 Å². The van der Waals surface area contributed by atoms with Crippen LogP contribution in [0, 0.1) is 0 Å². The van der Waals surface area contributed by atoms with Gasteiger partial charge in [0.15, 0.2) is 17.5 Å². The van der Waals surface area contributed by atoms with Gasteiger partial charge in [0, 0.05) is 11.1 Å². The first kappa shape index (κ1) is 15.2. The number of aliphatic imine (C=N–C) groups is 1. The Bertz CT molecular complexity index is 914. The van der Waals surface area contributed by atoms with Crippen molar-refractivity contribution >= 4 is 17.7 Å². The molecule has 0 fully saturated rings. The van der Waals surface area contributed by atoms with Crippen LogP contribution in [0.3, 0.4) is 0 Å². The van der Waals surface area contributed by atoms with Crippen molar-refractivity contribution in [2.24, 2.45) is 16.5 Å². The third kappa shape index (κ3) is 3.07. The summed E-state index contributed by atoms with van der Waals surface area (Å²) in [5.41, 5.74) is 19.3. The number of nitrogen functional groups attached to an aromatic ring is 1. The highest BCUT2D eigenvalue weighted by Crippen LogP contribution is 2.26. The molecule has 0 aliphatic rings. The molecule has 24 heavy (non-hydrogen) atoms. The summed E-state index contributed by atoms with van der Waals surface area (Å²) in [5, 5.41) is 0. The summed E-state index contributed by atoms with van der Waals surface area (Å²) in [6.07, 6.45) is 4.69. The van der Waals surface area contributed by atoms with Gasteiger partial charge in [-0.1, -0.05) is 18.2 Å². The molecule has 6 N–H and O–H groups in total. The quantitative estimate of drug-likeness (QED) is 0.487. The van der Waals surface area contributed by atoms with Gasteiger partial charge in [-0.25, -0.2) is 9.97 Å². The van der Waals surface area contributed by atoms with E-state index in [0.717, 1.165) is 16.7 Å². The summed E-state index contributed by atoms with van der Waals surface area (Å²) < 4.78 is 5.09. The second-order valence-electron chi connectivity index (χ2n) is 4.92. The third-order valence-corrected chi connectivity index (χ3v) is 3.25. The summed E-state index contributed by atoms with van der Waals surface area (Å²) in [6, 6.07) is 9.47. The fourth-order valence-electron chi connectivity index (χ4n) is 2.16. The number of hydrogen-bond donors (Lipinski definition) is 3. The lowest BCUT2D eigenvalue weighted by Gasteiger charge is -2.06. The molecule has 1 aromatic carbocycles. The van der Waals surface area contributed by atoms with Crippen molar-refractivity contribution in [2.75, 3.05) is 5.73 Å². The largest absolute Gasteiger partial charge is 0.472 e. The van der Waals surface area contributed by atoms with Crippen LogP contribution in [0.15, 0.2) is 58.5 Å². The molecule has 2 aromatic heterocycles. The number of nitrogens with zero attached hydrogens (tertiary/aromatic N) is 3. The van der Waals surface area contributed by atoms with Gasteiger partial charge in [-0.3, -0.25) is 4.79 Å². The number of benzene rings is 1. The van der Waals surface area contributed by atoms with Crippen LogP contribution in [0.1, 0.15) is 10.5 Å². The summed E-state index contributed by atoms with van der Waals surface area (Å²) in [7, 11) is 0. The maximum absolute atomic E-state index is 11.8. The van der Waals surface area contributed by atoms with Crippen molar-refractivity contribution in [3.05, 3.63) is 54.7 Å². The van der Waals surface area contributed by atoms with Crippen molar-refractivity contribution < 1.29 is 9.21 Å². The van der Waals surface area contributed by atoms with Crippen LogP contribution in [0.5, 0.6) is 0 Å². The highest BCUT2D eigenvalue weighted by molar-refractivity contribution is 6.03. The van der Waals surface area contributed by atoms with Gasteiger partial charge in [0.2, 0.25) is 0 Å². The van der Waals surface area contributed by atoms with Crippen LogP contribution in [0.2, 0.25) is 0 Å². The van der Waals surface area contributed by atoms with Gasteiger partial charge >= 0.3 is 5.91 Å². The second kappa shape index (κ2) is 6.21. The van der Waals surface area contributed by atoms with Crippen molar-refractivity contribution in [3.8, 4) is 22.4 Å². The summed E-state index contributed by atoms with van der Waals surface area (Å²) >= 11 is 0. The first-order chi connectivity index (χ1) is 11.5. The zero-order valence-corrected chi connectivity index (χ0v) is 12.5. The van der Waals surface area contributed by atoms with E-state index in [2.05, 4.69) is 15.0 Å². The van der Waals surface area contributed by atoms with Crippen molar-refractivity contribution in [2.45, 2.75) is 0 Å². The lowest BCUT2D eigenvalue weighted by molar-refractivity contribution is 0.0998. The minimum atomic E-state index is -0.737. The van der Waals surface area contributed by atoms with E-state index in [9.17, 15) is 4.79 Å². The Morgan fingerprint density at radius 3 is 2.58 bits per heavy atom. The number of anilines is 1. The molecule has 0 saturated heterocycles. The number of aromatic nitrogens is 2. The number of amides is 1. The molecule has 0 atom stereocenters. The van der Waals surface area contributed by atoms with Crippen LogP contribution in [-0.4, -0.2) is 21.8 Å². The molecule has 3 aromatic rings. The van der Waals surface area contributed by atoms with Crippen LogP contribution in [0.25, 0.3) is 22.4 Å². The number of carbonyl (C=O) groups is 1. The Labute approximate surface area is 137 Å². The average Bonchev–Trinajstić information content (AvgIpc) is 3.08. The van der Waals surface area contributed by atoms with Crippen LogP contribution in [-0.2, 0) is 0 Å². The lowest BCUT2D eigenvalue weighted by atomic mass is 10.0. The molecule has 0 saturated carbocycles. The van der Waals surface area contributed by atoms with Crippen LogP contribution in [0.4, 0.5) is 5.82 Å². The molecule has 0 bridgehead atoms. The third-order valence-electron chi connectivity index (χ3n) is 3.25. The van der Waals surface area contributed by atoms with E-state index in [1.54, 1.807) is 12.5 Å². The Balaban J connectivity index is 1.96. The summed E-state index contributed by atoms with van der Waals surface area (Å²) in [5.74, 6) is -1.15. The molecule has 0 aliphatic carbocycles. The number of nitrogens with two attached hydrogens (primary N) is 3. The van der Waals surface area contributed by atoms with Gasteiger partial charge in [0.25, 0.3) is 0 Å². The number of carbonyl (C=O) groups excluding carboxylic acids is 1. The summed E-state index contributed by atoms with van der Waals surface area (Å²) in [6.45, 7) is 0. The smallest absolute Gasteiger partial charge is 0.302 e. The molecule has 0 spiro atoms. The SMILES string of the molecule is NC(N)=NC(=O)c1ncc(-c2cccc(-c3ccoc3)c2)nc1N. The number of guanidine groups is 1. The van der Waals surface area contributed by atoms with E-state index in [-0.39, 0.29) is 17.5 Å². The molecular formula is C16H14N6O2. The van der Waals surface area contributed by atoms with Gasteiger partial charge in [0.1, 0.15) is 0 Å². The first-order valence-electron chi connectivity index (χ1n) is 6.94. The van der Waals surface area contributed by atoms with E-state index in [1.165, 1.54) is 6.20 Å². The molecule has 120 valence electrons. The first-order valence-corrected chi connectivity index (χ1v) is 6.94. The Morgan fingerprint density at radius 1 is 1.12 bits per heavy atom. The fraction of sp³-hybridized carbons (Fsp3) is 0. The minimum absolute atomic E-state index is 0.0452. The number of rotatable bonds is 3. The number of hydrogen-bond acceptors (Lipinski definition) is 5. The fourth-order valence-corrected chi connectivity index (χ4v) is 2.16. The zero-order valence-electron chi connectivity index (χ0n) is 12.5. The van der Waals surface area contributed by atoms with Gasteiger partial charge in [-0.05, 0) is 17.7 Å². The van der Waals surface area contributed by atoms with Crippen molar-refractivity contribution in [1.29, 1.82) is 0 Å². The Kier molecular flexibility index (Phi) is 3.94. The molecule has 3 rings (SSSR count). The van der Waals surface area contributed by atoms with E-state index >= 15 is 0 Å². The van der Waals surface area contributed by atoms with Crippen LogP contribution < -0.4 is 17.2 Å². The monoisotopic (exact) mass is 322 g/mol. The highest BCUT2D eigenvalue weighted by Gasteiger charge is 2.14. The van der Waals surface area contributed by atoms with Crippen molar-refractivity contribution in [1.82, 2.24) is 9.97 Å². The maximum atomic E-state index is 11.8. The standard InChI is InChI=1S/C16H14N6O2/c17-14-13(15(23)22-16(18)19)20-7-12(21-14)10-3-1-2-9(6-10)11-4-5-24-8-11/h1-8H,(H2,17,21)(H4,18,19,22,23). The van der Waals surface area contributed by atoms with E-state index in [4.69, 9.17) is 21.6 Å². The summed E-state index contributed by atoms with van der Waals surface area (Å²) in [4.78, 5) is 23.4. The molecular weight excluding hydrogens is 308 g/mol. The van der Waals surface area contributed by atoms with E-state index in [1.807, 2.05) is 30.3 Å². The topological polar surface area (TPSA) is 146 Å². The average molecular weight is 322 g/mol. The number of furan rings is 1. The Morgan fingerprint density at radius 2 is 1.92 bits per heavy atom. The molecule has 8 nitrogen and oxygen atoms in total. The van der Waals surface area contributed by atoms with Gasteiger partial charge in [-0.2, -0.15) is 4.99 Å². The molecule has 2 heterocycles. The maximum Gasteiger partial charge on any atom is 0.302 e. The van der Waals surface area contributed by atoms with Crippen LogP contribution >= 0.6 is 0 Å². The minimum Gasteiger partial charge on any atom is -0.472 e. The predicted molar refractivity (Wildman–Crippen MR) is 89.7 cm³/mol. The van der Waals surface area contributed by atoms with Gasteiger partial charge in [0.05, 0.1) is 24.4 Å². The van der Waals surface area contributed by atoms with Gasteiger partial charge in [-0.15, -0.1) is 0 Å². The lowest BCUT2D eigenvalue weighted by Crippen LogP contribution is -2.24. The molecule has 0 unspecified atom stereocenters. The zero-order chi connectivity index (χ0) is 17.1. The molecule has 0 radical (unpaired) electrons.